The third-order valence-corrected chi connectivity index (χ3v) is 3.04. The summed E-state index contributed by atoms with van der Waals surface area (Å²) >= 11 is 0. The number of hydrogen-bond acceptors (Lipinski definition) is 4. The summed E-state index contributed by atoms with van der Waals surface area (Å²) in [6.45, 7) is 7.50. The first-order valence-corrected chi connectivity index (χ1v) is 5.56. The molecule has 2 fully saturated rings. The fourth-order valence-corrected chi connectivity index (χ4v) is 2.12. The van der Waals surface area contributed by atoms with E-state index in [0.29, 0.717) is 26.3 Å². The monoisotopic (exact) mass is 229 g/mol. The molecule has 0 aromatic rings. The molecule has 1 amide bonds. The Morgan fingerprint density at radius 2 is 2.12 bits per heavy atom. The number of likely N-dealkylation sites (tertiary alicyclic amines) is 1. The number of rotatable bonds is 0. The number of hydrogen-bond donors (Lipinski definition) is 1. The summed E-state index contributed by atoms with van der Waals surface area (Å²) in [6, 6.07) is 0. The topological polar surface area (TPSA) is 59.0 Å². The summed E-state index contributed by atoms with van der Waals surface area (Å²) in [4.78, 5) is 13.3. The van der Waals surface area contributed by atoms with Gasteiger partial charge in [0.05, 0.1) is 24.7 Å². The number of amides is 1. The molecule has 0 aromatic carbocycles. The molecular weight excluding hydrogens is 210 g/mol. The quantitative estimate of drug-likeness (QED) is 0.661. The van der Waals surface area contributed by atoms with Crippen LogP contribution in [0, 0.1) is 5.41 Å². The van der Waals surface area contributed by atoms with Gasteiger partial charge in [-0.3, -0.25) is 0 Å². The molecule has 92 valence electrons. The van der Waals surface area contributed by atoms with Crippen molar-refractivity contribution in [3.63, 3.8) is 0 Å². The first-order valence-electron chi connectivity index (χ1n) is 5.56. The molecule has 1 atom stereocenters. The molecule has 2 aliphatic heterocycles. The third-order valence-electron chi connectivity index (χ3n) is 3.04. The molecule has 0 saturated carbocycles. The average Bonchev–Trinajstić information content (AvgIpc) is 2.40. The van der Waals surface area contributed by atoms with E-state index in [1.54, 1.807) is 4.90 Å². The van der Waals surface area contributed by atoms with Crippen LogP contribution in [0.2, 0.25) is 0 Å². The van der Waals surface area contributed by atoms with Crippen molar-refractivity contribution in [3.05, 3.63) is 0 Å². The summed E-state index contributed by atoms with van der Waals surface area (Å²) in [7, 11) is 0. The molecule has 0 radical (unpaired) electrons. The smallest absolute Gasteiger partial charge is 0.410 e. The van der Waals surface area contributed by atoms with Crippen molar-refractivity contribution in [1.29, 1.82) is 0 Å². The average molecular weight is 229 g/mol. The second-order valence-corrected chi connectivity index (χ2v) is 5.73. The SMILES string of the molecule is CC(C)(C)OC(=O)N1CC2(COCC2O)C1. The van der Waals surface area contributed by atoms with Gasteiger partial charge in [-0.15, -0.1) is 0 Å². The highest BCUT2D eigenvalue weighted by atomic mass is 16.6. The molecule has 0 bridgehead atoms. The summed E-state index contributed by atoms with van der Waals surface area (Å²) in [5, 5.41) is 9.73. The van der Waals surface area contributed by atoms with Crippen LogP contribution in [0.3, 0.4) is 0 Å². The normalized spacial score (nSPS) is 28.0. The van der Waals surface area contributed by atoms with Crippen LogP contribution < -0.4 is 0 Å². The Balaban J connectivity index is 1.86. The van der Waals surface area contributed by atoms with Crippen molar-refractivity contribution in [2.75, 3.05) is 26.3 Å². The highest BCUT2D eigenvalue weighted by molar-refractivity contribution is 5.69. The maximum Gasteiger partial charge on any atom is 0.410 e. The largest absolute Gasteiger partial charge is 0.444 e. The van der Waals surface area contributed by atoms with Crippen LogP contribution in [0.15, 0.2) is 0 Å². The summed E-state index contributed by atoms with van der Waals surface area (Å²) in [5.74, 6) is 0. The lowest BCUT2D eigenvalue weighted by Crippen LogP contribution is -2.63. The maximum absolute atomic E-state index is 11.7. The highest BCUT2D eigenvalue weighted by Gasteiger charge is 2.54. The van der Waals surface area contributed by atoms with Crippen molar-refractivity contribution in [1.82, 2.24) is 4.90 Å². The summed E-state index contributed by atoms with van der Waals surface area (Å²) in [6.07, 6.45) is -0.761. The number of carbonyl (C=O) groups excluding carboxylic acids is 1. The van der Waals surface area contributed by atoms with Gasteiger partial charge in [0.25, 0.3) is 0 Å². The Kier molecular flexibility index (Phi) is 2.62. The number of nitrogens with zero attached hydrogens (tertiary/aromatic N) is 1. The van der Waals surface area contributed by atoms with Crippen molar-refractivity contribution >= 4 is 6.09 Å². The lowest BCUT2D eigenvalue weighted by Gasteiger charge is -2.48. The Morgan fingerprint density at radius 1 is 1.50 bits per heavy atom. The minimum absolute atomic E-state index is 0.239. The van der Waals surface area contributed by atoms with Crippen LogP contribution in [0.5, 0.6) is 0 Å². The minimum atomic E-state index is -0.468. The molecule has 1 N–H and O–H groups in total. The van der Waals surface area contributed by atoms with E-state index in [1.165, 1.54) is 0 Å². The van der Waals surface area contributed by atoms with Gasteiger partial charge in [0.2, 0.25) is 0 Å². The fraction of sp³-hybridized carbons (Fsp3) is 0.909. The van der Waals surface area contributed by atoms with Crippen LogP contribution in [-0.4, -0.2) is 54.1 Å². The Morgan fingerprint density at radius 3 is 2.56 bits per heavy atom. The van der Waals surface area contributed by atoms with Gasteiger partial charge < -0.3 is 19.5 Å². The zero-order valence-electron chi connectivity index (χ0n) is 10.0. The predicted octanol–water partition coefficient (Wildman–Crippen LogP) is 0.615. The van der Waals surface area contributed by atoms with Gasteiger partial charge in [-0.2, -0.15) is 0 Å². The molecule has 5 heteroatoms. The predicted molar refractivity (Wildman–Crippen MR) is 57.1 cm³/mol. The van der Waals surface area contributed by atoms with Crippen LogP contribution in [0.4, 0.5) is 4.79 Å². The van der Waals surface area contributed by atoms with Gasteiger partial charge in [0.1, 0.15) is 5.60 Å². The number of ether oxygens (including phenoxy) is 2. The van der Waals surface area contributed by atoms with Gasteiger partial charge in [-0.1, -0.05) is 0 Å². The van der Waals surface area contributed by atoms with Crippen LogP contribution in [0.1, 0.15) is 20.8 Å². The minimum Gasteiger partial charge on any atom is -0.444 e. The number of aliphatic hydroxyl groups is 1. The Bertz CT molecular complexity index is 291. The lowest BCUT2D eigenvalue weighted by molar-refractivity contribution is -0.0713. The van der Waals surface area contributed by atoms with E-state index in [2.05, 4.69) is 0 Å². The maximum atomic E-state index is 11.7. The van der Waals surface area contributed by atoms with E-state index in [-0.39, 0.29) is 11.5 Å². The van der Waals surface area contributed by atoms with Crippen molar-refractivity contribution in [2.24, 2.45) is 5.41 Å². The highest BCUT2D eigenvalue weighted by Crippen LogP contribution is 2.39. The lowest BCUT2D eigenvalue weighted by atomic mass is 9.77. The van der Waals surface area contributed by atoms with E-state index < -0.39 is 11.7 Å². The molecular formula is C11H19NO4. The van der Waals surface area contributed by atoms with E-state index >= 15 is 0 Å². The summed E-state index contributed by atoms with van der Waals surface area (Å²) in [5.41, 5.74) is -0.707. The van der Waals surface area contributed by atoms with Crippen LogP contribution >= 0.6 is 0 Å². The van der Waals surface area contributed by atoms with Crippen LogP contribution in [-0.2, 0) is 9.47 Å². The van der Waals surface area contributed by atoms with E-state index in [0.717, 1.165) is 0 Å². The van der Waals surface area contributed by atoms with Gasteiger partial charge >= 0.3 is 6.09 Å². The van der Waals surface area contributed by atoms with E-state index in [9.17, 15) is 9.90 Å². The standard InChI is InChI=1S/C11H19NO4/c1-10(2,3)16-9(14)12-5-11(6-12)7-15-4-8(11)13/h8,13H,4-7H2,1-3H3. The second-order valence-electron chi connectivity index (χ2n) is 5.73. The first-order chi connectivity index (χ1) is 7.32. The second kappa shape index (κ2) is 3.60. The van der Waals surface area contributed by atoms with E-state index in [1.807, 2.05) is 20.8 Å². The third kappa shape index (κ3) is 2.01. The fourth-order valence-electron chi connectivity index (χ4n) is 2.12. The van der Waals surface area contributed by atoms with Gasteiger partial charge in [0, 0.05) is 13.1 Å². The molecule has 1 unspecified atom stereocenters. The van der Waals surface area contributed by atoms with Gasteiger partial charge in [-0.05, 0) is 20.8 Å². The van der Waals surface area contributed by atoms with E-state index in [4.69, 9.17) is 9.47 Å². The number of carbonyl (C=O) groups is 1. The zero-order chi connectivity index (χ0) is 12.0. The van der Waals surface area contributed by atoms with Crippen molar-refractivity contribution < 1.29 is 19.4 Å². The molecule has 16 heavy (non-hydrogen) atoms. The molecule has 2 heterocycles. The molecule has 0 aromatic heterocycles. The zero-order valence-corrected chi connectivity index (χ0v) is 10.0. The number of aliphatic hydroxyl groups excluding tert-OH is 1. The molecule has 2 aliphatic rings. The first kappa shape index (κ1) is 11.7. The Hall–Kier alpha value is -0.810. The van der Waals surface area contributed by atoms with Crippen molar-refractivity contribution in [2.45, 2.75) is 32.5 Å². The van der Waals surface area contributed by atoms with Gasteiger partial charge in [0.15, 0.2) is 0 Å². The summed E-state index contributed by atoms with van der Waals surface area (Å²) < 4.78 is 10.5. The molecule has 2 saturated heterocycles. The molecule has 5 nitrogen and oxygen atoms in total. The Labute approximate surface area is 95.3 Å². The molecule has 0 aliphatic carbocycles. The van der Waals surface area contributed by atoms with Crippen LogP contribution in [0.25, 0.3) is 0 Å². The molecule has 2 rings (SSSR count). The van der Waals surface area contributed by atoms with Crippen molar-refractivity contribution in [3.8, 4) is 0 Å². The molecule has 1 spiro atoms. The van der Waals surface area contributed by atoms with Gasteiger partial charge in [-0.25, -0.2) is 4.79 Å².